The van der Waals surface area contributed by atoms with Crippen molar-refractivity contribution in [2.24, 2.45) is 4.99 Å². The Bertz CT molecular complexity index is 347. The summed E-state index contributed by atoms with van der Waals surface area (Å²) < 4.78 is 26.1. The molecule has 1 aromatic rings. The fraction of sp³-hybridized carbons (Fsp3) is 0.182. The minimum Gasteiger partial charge on any atom is -0.292 e. The van der Waals surface area contributed by atoms with Crippen LogP contribution in [0, 0.1) is 11.6 Å². The van der Waals surface area contributed by atoms with Crippen molar-refractivity contribution in [3.63, 3.8) is 0 Å². The van der Waals surface area contributed by atoms with Crippen LogP contribution < -0.4 is 0 Å². The van der Waals surface area contributed by atoms with Crippen LogP contribution in [0.25, 0.3) is 0 Å². The maximum atomic E-state index is 13.2. The van der Waals surface area contributed by atoms with E-state index in [0.29, 0.717) is 6.42 Å². The van der Waals surface area contributed by atoms with Crippen molar-refractivity contribution >= 4 is 6.72 Å². The standard InChI is InChI=1S/C11H11F2N/c1-3-4-11(14-2)9-7-8(12)5-6-10(9)13/h3,5-7,11H,1-2,4H2/t11-/m0/s1. The second-order valence-corrected chi connectivity index (χ2v) is 2.89. The average molecular weight is 195 g/mol. The summed E-state index contributed by atoms with van der Waals surface area (Å²) >= 11 is 0. The molecule has 1 atom stereocenters. The second kappa shape index (κ2) is 4.65. The van der Waals surface area contributed by atoms with E-state index < -0.39 is 17.7 Å². The summed E-state index contributed by atoms with van der Waals surface area (Å²) in [5.41, 5.74) is 0.222. The summed E-state index contributed by atoms with van der Waals surface area (Å²) in [4.78, 5) is 3.72. The van der Waals surface area contributed by atoms with Crippen LogP contribution in [0.2, 0.25) is 0 Å². The van der Waals surface area contributed by atoms with E-state index in [9.17, 15) is 8.78 Å². The summed E-state index contributed by atoms with van der Waals surface area (Å²) in [6.45, 7) is 6.86. The lowest BCUT2D eigenvalue weighted by Gasteiger charge is -2.10. The molecule has 0 fully saturated rings. The Balaban J connectivity index is 3.07. The van der Waals surface area contributed by atoms with Crippen LogP contribution in [0.1, 0.15) is 18.0 Å². The monoisotopic (exact) mass is 195 g/mol. The van der Waals surface area contributed by atoms with Gasteiger partial charge in [-0.15, -0.1) is 6.58 Å². The predicted molar refractivity (Wildman–Crippen MR) is 53.5 cm³/mol. The van der Waals surface area contributed by atoms with E-state index in [4.69, 9.17) is 0 Å². The number of halogens is 2. The molecule has 0 bridgehead atoms. The van der Waals surface area contributed by atoms with Crippen molar-refractivity contribution in [1.82, 2.24) is 0 Å². The van der Waals surface area contributed by atoms with Gasteiger partial charge in [-0.05, 0) is 31.3 Å². The van der Waals surface area contributed by atoms with Gasteiger partial charge in [0.2, 0.25) is 0 Å². The summed E-state index contributed by atoms with van der Waals surface area (Å²) in [7, 11) is 0. The van der Waals surface area contributed by atoms with Gasteiger partial charge in [0, 0.05) is 5.56 Å². The van der Waals surface area contributed by atoms with E-state index in [1.54, 1.807) is 6.08 Å². The number of hydrogen-bond acceptors (Lipinski definition) is 1. The zero-order valence-corrected chi connectivity index (χ0v) is 7.71. The van der Waals surface area contributed by atoms with Crippen LogP contribution in [0.4, 0.5) is 8.78 Å². The highest BCUT2D eigenvalue weighted by Gasteiger charge is 2.12. The predicted octanol–water partition coefficient (Wildman–Crippen LogP) is 3.28. The molecule has 1 aromatic carbocycles. The molecule has 1 nitrogen and oxygen atoms in total. The molecule has 0 radical (unpaired) electrons. The Hall–Kier alpha value is -1.51. The summed E-state index contributed by atoms with van der Waals surface area (Å²) in [6, 6.07) is 2.85. The van der Waals surface area contributed by atoms with Crippen molar-refractivity contribution < 1.29 is 8.78 Å². The Kier molecular flexibility index (Phi) is 3.51. The van der Waals surface area contributed by atoms with Gasteiger partial charge in [-0.25, -0.2) is 8.78 Å². The van der Waals surface area contributed by atoms with Crippen LogP contribution in [0.5, 0.6) is 0 Å². The number of rotatable bonds is 4. The zero-order valence-electron chi connectivity index (χ0n) is 7.71. The summed E-state index contributed by atoms with van der Waals surface area (Å²) in [5.74, 6) is -0.940. The highest BCUT2D eigenvalue weighted by Crippen LogP contribution is 2.24. The van der Waals surface area contributed by atoms with Crippen LogP contribution in [-0.4, -0.2) is 6.72 Å². The van der Waals surface area contributed by atoms with E-state index in [1.165, 1.54) is 0 Å². The number of nitrogens with zero attached hydrogens (tertiary/aromatic N) is 1. The van der Waals surface area contributed by atoms with Gasteiger partial charge in [-0.2, -0.15) is 0 Å². The molecule has 0 saturated carbocycles. The fourth-order valence-electron chi connectivity index (χ4n) is 1.23. The first-order chi connectivity index (χ1) is 6.69. The van der Waals surface area contributed by atoms with Gasteiger partial charge < -0.3 is 0 Å². The Morgan fingerprint density at radius 2 is 2.14 bits per heavy atom. The van der Waals surface area contributed by atoms with E-state index in [0.717, 1.165) is 18.2 Å². The maximum absolute atomic E-state index is 13.2. The molecule has 14 heavy (non-hydrogen) atoms. The number of aliphatic imine (C=N–C) groups is 1. The lowest BCUT2D eigenvalue weighted by molar-refractivity contribution is 0.565. The third-order valence-corrected chi connectivity index (χ3v) is 1.93. The molecule has 0 aliphatic rings. The molecule has 1 rings (SSSR count). The molecule has 0 amide bonds. The van der Waals surface area contributed by atoms with E-state index in [-0.39, 0.29) is 5.56 Å². The first-order valence-corrected chi connectivity index (χ1v) is 4.20. The van der Waals surface area contributed by atoms with Gasteiger partial charge >= 0.3 is 0 Å². The maximum Gasteiger partial charge on any atom is 0.128 e. The Labute approximate surface area is 81.8 Å². The SMILES string of the molecule is C=CC[C@H](N=C)c1cc(F)ccc1F. The van der Waals surface area contributed by atoms with Crippen LogP contribution in [-0.2, 0) is 0 Å². The molecule has 3 heteroatoms. The third kappa shape index (κ3) is 2.25. The number of benzene rings is 1. The van der Waals surface area contributed by atoms with Crippen molar-refractivity contribution in [2.75, 3.05) is 0 Å². The Morgan fingerprint density at radius 1 is 1.43 bits per heavy atom. The van der Waals surface area contributed by atoms with Gasteiger partial charge in [0.1, 0.15) is 11.6 Å². The molecule has 0 spiro atoms. The summed E-state index contributed by atoms with van der Waals surface area (Å²) in [6.07, 6.45) is 2.05. The van der Waals surface area contributed by atoms with E-state index in [1.807, 2.05) is 0 Å². The summed E-state index contributed by atoms with van der Waals surface area (Å²) in [5, 5.41) is 0. The molecule has 0 aliphatic heterocycles. The molecule has 0 saturated heterocycles. The highest BCUT2D eigenvalue weighted by atomic mass is 19.1. The van der Waals surface area contributed by atoms with Crippen LogP contribution in [0.3, 0.4) is 0 Å². The zero-order chi connectivity index (χ0) is 10.6. The van der Waals surface area contributed by atoms with Gasteiger partial charge in [0.15, 0.2) is 0 Å². The highest BCUT2D eigenvalue weighted by molar-refractivity contribution is 5.30. The average Bonchev–Trinajstić information content (AvgIpc) is 2.18. The minimum atomic E-state index is -0.473. The van der Waals surface area contributed by atoms with Crippen LogP contribution >= 0.6 is 0 Å². The lowest BCUT2D eigenvalue weighted by Crippen LogP contribution is -1.98. The molecular weight excluding hydrogens is 184 g/mol. The largest absolute Gasteiger partial charge is 0.292 e. The molecule has 0 N–H and O–H groups in total. The van der Waals surface area contributed by atoms with Gasteiger partial charge in [-0.3, -0.25) is 4.99 Å². The Morgan fingerprint density at radius 3 is 2.71 bits per heavy atom. The minimum absolute atomic E-state index is 0.222. The van der Waals surface area contributed by atoms with Gasteiger partial charge in [-0.1, -0.05) is 6.08 Å². The van der Waals surface area contributed by atoms with Crippen molar-refractivity contribution in [3.8, 4) is 0 Å². The van der Waals surface area contributed by atoms with Crippen molar-refractivity contribution in [3.05, 3.63) is 48.1 Å². The molecule has 0 aromatic heterocycles. The van der Waals surface area contributed by atoms with Gasteiger partial charge in [0.25, 0.3) is 0 Å². The topological polar surface area (TPSA) is 12.4 Å². The molecule has 74 valence electrons. The molecular formula is C11H11F2N. The first kappa shape index (κ1) is 10.6. The normalized spacial score (nSPS) is 12.1. The first-order valence-electron chi connectivity index (χ1n) is 4.20. The van der Waals surface area contributed by atoms with Gasteiger partial charge in [0.05, 0.1) is 6.04 Å². The quantitative estimate of drug-likeness (QED) is 0.516. The van der Waals surface area contributed by atoms with E-state index in [2.05, 4.69) is 18.3 Å². The molecule has 0 unspecified atom stereocenters. The van der Waals surface area contributed by atoms with Crippen molar-refractivity contribution in [2.45, 2.75) is 12.5 Å². The third-order valence-electron chi connectivity index (χ3n) is 1.93. The second-order valence-electron chi connectivity index (χ2n) is 2.89. The fourth-order valence-corrected chi connectivity index (χ4v) is 1.23. The van der Waals surface area contributed by atoms with Crippen molar-refractivity contribution in [1.29, 1.82) is 0 Å². The molecule has 0 aliphatic carbocycles. The number of hydrogen-bond donors (Lipinski definition) is 0. The van der Waals surface area contributed by atoms with Crippen LogP contribution in [0.15, 0.2) is 35.8 Å². The lowest BCUT2D eigenvalue weighted by atomic mass is 10.0. The smallest absolute Gasteiger partial charge is 0.128 e. The molecule has 0 heterocycles. The van der Waals surface area contributed by atoms with E-state index >= 15 is 0 Å².